The second-order valence-electron chi connectivity index (χ2n) is 5.63. The number of nitriles is 1. The van der Waals surface area contributed by atoms with Crippen LogP contribution in [-0.4, -0.2) is 50.1 Å². The summed E-state index contributed by atoms with van der Waals surface area (Å²) in [5, 5.41) is 18.7. The summed E-state index contributed by atoms with van der Waals surface area (Å²) in [7, 11) is 0. The first-order chi connectivity index (χ1) is 11.6. The Morgan fingerprint density at radius 3 is 2.88 bits per heavy atom. The fourth-order valence-electron chi connectivity index (χ4n) is 2.35. The van der Waals surface area contributed by atoms with Crippen molar-refractivity contribution in [2.75, 3.05) is 44.6 Å². The number of benzene rings is 1. The first kappa shape index (κ1) is 18.3. The molecule has 0 aliphatic carbocycles. The minimum atomic E-state index is -0.452. The Kier molecular flexibility index (Phi) is 7.07. The molecular formula is C17H22ClN5O. The van der Waals surface area contributed by atoms with Gasteiger partial charge >= 0.3 is 0 Å². The molecule has 0 saturated carbocycles. The average molecular weight is 348 g/mol. The van der Waals surface area contributed by atoms with Crippen molar-refractivity contribution in [1.82, 2.24) is 15.5 Å². The molecular weight excluding hydrogens is 326 g/mol. The Balaban J connectivity index is 1.83. The molecule has 1 aromatic rings. The van der Waals surface area contributed by atoms with Gasteiger partial charge in [-0.2, -0.15) is 5.26 Å². The van der Waals surface area contributed by atoms with E-state index >= 15 is 0 Å². The van der Waals surface area contributed by atoms with E-state index in [1.54, 1.807) is 12.1 Å². The number of piperazine rings is 1. The molecule has 1 aliphatic rings. The molecule has 0 radical (unpaired) electrons. The van der Waals surface area contributed by atoms with Crippen molar-refractivity contribution in [3.05, 3.63) is 40.6 Å². The lowest BCUT2D eigenvalue weighted by atomic mass is 10.2. The molecule has 7 heteroatoms. The van der Waals surface area contributed by atoms with Gasteiger partial charge in [0.1, 0.15) is 11.6 Å². The zero-order chi connectivity index (χ0) is 17.4. The number of rotatable bonds is 6. The second-order valence-corrected chi connectivity index (χ2v) is 6.04. The normalized spacial score (nSPS) is 15.6. The molecule has 2 rings (SSSR count). The van der Waals surface area contributed by atoms with Crippen LogP contribution in [0.25, 0.3) is 0 Å². The molecule has 0 unspecified atom stereocenters. The molecule has 1 heterocycles. The van der Waals surface area contributed by atoms with Crippen molar-refractivity contribution in [3.8, 4) is 6.07 Å². The summed E-state index contributed by atoms with van der Waals surface area (Å²) in [4.78, 5) is 14.5. The molecule has 1 aliphatic heterocycles. The van der Waals surface area contributed by atoms with Crippen molar-refractivity contribution >= 4 is 23.2 Å². The third kappa shape index (κ3) is 5.53. The monoisotopic (exact) mass is 347 g/mol. The van der Waals surface area contributed by atoms with Crippen LogP contribution in [0.4, 0.5) is 5.69 Å². The number of amides is 1. The highest BCUT2D eigenvalue weighted by atomic mass is 35.5. The SMILES string of the molecule is Cc1ccc(NC(=O)/C(C#N)=C\NCCN2CCNCC2)cc1Cl. The number of hydrogen-bond donors (Lipinski definition) is 3. The van der Waals surface area contributed by atoms with Crippen LogP contribution < -0.4 is 16.0 Å². The van der Waals surface area contributed by atoms with Crippen molar-refractivity contribution in [1.29, 1.82) is 5.26 Å². The van der Waals surface area contributed by atoms with E-state index in [-0.39, 0.29) is 5.57 Å². The van der Waals surface area contributed by atoms with E-state index in [1.165, 1.54) is 6.20 Å². The Morgan fingerprint density at radius 1 is 1.46 bits per heavy atom. The molecule has 1 saturated heterocycles. The summed E-state index contributed by atoms with van der Waals surface area (Å²) in [5.41, 5.74) is 1.53. The van der Waals surface area contributed by atoms with Gasteiger partial charge in [-0.15, -0.1) is 0 Å². The lowest BCUT2D eigenvalue weighted by Gasteiger charge is -2.26. The maximum absolute atomic E-state index is 12.1. The van der Waals surface area contributed by atoms with Crippen molar-refractivity contribution in [3.63, 3.8) is 0 Å². The molecule has 0 aromatic heterocycles. The second kappa shape index (κ2) is 9.28. The number of anilines is 1. The summed E-state index contributed by atoms with van der Waals surface area (Å²) in [6.07, 6.45) is 1.47. The van der Waals surface area contributed by atoms with Crippen LogP contribution in [0.2, 0.25) is 5.02 Å². The highest BCUT2D eigenvalue weighted by Gasteiger charge is 2.11. The van der Waals surface area contributed by atoms with Gasteiger partial charge in [0.05, 0.1) is 0 Å². The highest BCUT2D eigenvalue weighted by Crippen LogP contribution is 2.20. The summed E-state index contributed by atoms with van der Waals surface area (Å²) >= 11 is 6.03. The molecule has 0 atom stereocenters. The van der Waals surface area contributed by atoms with E-state index in [9.17, 15) is 4.79 Å². The Labute approximate surface area is 147 Å². The van der Waals surface area contributed by atoms with Crippen molar-refractivity contribution in [2.24, 2.45) is 0 Å². The van der Waals surface area contributed by atoms with Crippen LogP contribution in [0.5, 0.6) is 0 Å². The first-order valence-corrected chi connectivity index (χ1v) is 8.32. The van der Waals surface area contributed by atoms with E-state index in [2.05, 4.69) is 20.9 Å². The van der Waals surface area contributed by atoms with E-state index < -0.39 is 5.91 Å². The van der Waals surface area contributed by atoms with Crippen molar-refractivity contribution < 1.29 is 4.79 Å². The topological polar surface area (TPSA) is 80.2 Å². The van der Waals surface area contributed by atoms with E-state index in [0.717, 1.165) is 38.3 Å². The molecule has 1 amide bonds. The summed E-state index contributed by atoms with van der Waals surface area (Å²) in [6, 6.07) is 7.16. The smallest absolute Gasteiger partial charge is 0.267 e. The van der Waals surface area contributed by atoms with Gasteiger partial charge in [0.2, 0.25) is 0 Å². The van der Waals surface area contributed by atoms with E-state index in [0.29, 0.717) is 17.3 Å². The van der Waals surface area contributed by atoms with Crippen LogP contribution >= 0.6 is 11.6 Å². The molecule has 0 bridgehead atoms. The predicted octanol–water partition coefficient (Wildman–Crippen LogP) is 1.49. The van der Waals surface area contributed by atoms with Crippen LogP contribution in [-0.2, 0) is 4.79 Å². The van der Waals surface area contributed by atoms with Gasteiger partial charge in [-0.1, -0.05) is 17.7 Å². The van der Waals surface area contributed by atoms with E-state index in [1.807, 2.05) is 19.1 Å². The molecule has 6 nitrogen and oxygen atoms in total. The zero-order valence-electron chi connectivity index (χ0n) is 13.7. The summed E-state index contributed by atoms with van der Waals surface area (Å²) in [6.45, 7) is 7.50. The lowest BCUT2D eigenvalue weighted by molar-refractivity contribution is -0.112. The van der Waals surface area contributed by atoms with E-state index in [4.69, 9.17) is 16.9 Å². The van der Waals surface area contributed by atoms with Gasteiger partial charge in [-0.05, 0) is 24.6 Å². The van der Waals surface area contributed by atoms with Gasteiger partial charge in [0, 0.05) is 56.2 Å². The van der Waals surface area contributed by atoms with Crippen LogP contribution in [0, 0.1) is 18.3 Å². The average Bonchev–Trinajstić information content (AvgIpc) is 2.59. The minimum Gasteiger partial charge on any atom is -0.388 e. The Hall–Kier alpha value is -2.07. The molecule has 24 heavy (non-hydrogen) atoms. The van der Waals surface area contributed by atoms with Gasteiger partial charge in [0.15, 0.2) is 0 Å². The zero-order valence-corrected chi connectivity index (χ0v) is 14.5. The number of nitrogens with zero attached hydrogens (tertiary/aromatic N) is 2. The van der Waals surface area contributed by atoms with Crippen LogP contribution in [0.1, 0.15) is 5.56 Å². The largest absolute Gasteiger partial charge is 0.388 e. The molecule has 1 fully saturated rings. The minimum absolute atomic E-state index is 0.0343. The third-order valence-corrected chi connectivity index (χ3v) is 4.23. The quantitative estimate of drug-likeness (QED) is 0.413. The van der Waals surface area contributed by atoms with Crippen LogP contribution in [0.15, 0.2) is 30.0 Å². The number of halogens is 1. The maximum atomic E-state index is 12.1. The number of carbonyl (C=O) groups is 1. The fourth-order valence-corrected chi connectivity index (χ4v) is 2.53. The molecule has 1 aromatic carbocycles. The molecule has 0 spiro atoms. The number of aryl methyl sites for hydroxylation is 1. The predicted molar refractivity (Wildman–Crippen MR) is 95.8 cm³/mol. The standard InChI is InChI=1S/C17H22ClN5O/c1-13-2-3-15(10-16(13)18)22-17(24)14(11-19)12-21-6-9-23-7-4-20-5-8-23/h2-3,10,12,20-21H,4-9H2,1H3,(H,22,24)/b14-12-. The molecule has 128 valence electrons. The number of carbonyl (C=O) groups excluding carboxylic acids is 1. The summed E-state index contributed by atoms with van der Waals surface area (Å²) in [5.74, 6) is -0.452. The summed E-state index contributed by atoms with van der Waals surface area (Å²) < 4.78 is 0. The Morgan fingerprint density at radius 2 is 2.21 bits per heavy atom. The van der Waals surface area contributed by atoms with Gasteiger partial charge in [-0.25, -0.2) is 0 Å². The number of hydrogen-bond acceptors (Lipinski definition) is 5. The van der Waals surface area contributed by atoms with Gasteiger partial charge in [-0.3, -0.25) is 9.69 Å². The maximum Gasteiger partial charge on any atom is 0.267 e. The first-order valence-electron chi connectivity index (χ1n) is 7.94. The lowest BCUT2D eigenvalue weighted by Crippen LogP contribution is -2.45. The highest BCUT2D eigenvalue weighted by molar-refractivity contribution is 6.31. The number of nitrogens with one attached hydrogen (secondary N) is 3. The van der Waals surface area contributed by atoms with Crippen LogP contribution in [0.3, 0.4) is 0 Å². The Bertz CT molecular complexity index is 647. The van der Waals surface area contributed by atoms with Crippen molar-refractivity contribution in [2.45, 2.75) is 6.92 Å². The van der Waals surface area contributed by atoms with Gasteiger partial charge in [0.25, 0.3) is 5.91 Å². The third-order valence-electron chi connectivity index (χ3n) is 3.82. The fraction of sp³-hybridized carbons (Fsp3) is 0.412. The molecule has 3 N–H and O–H groups in total. The van der Waals surface area contributed by atoms with Gasteiger partial charge < -0.3 is 16.0 Å².